The average Bonchev–Trinajstić information content (AvgIpc) is 2.55. The monoisotopic (exact) mass is 180 g/mol. The van der Waals surface area contributed by atoms with Gasteiger partial charge < -0.3 is 9.84 Å². The van der Waals surface area contributed by atoms with Gasteiger partial charge in [-0.15, -0.1) is 0 Å². The van der Waals surface area contributed by atoms with E-state index in [9.17, 15) is 5.11 Å². The van der Waals surface area contributed by atoms with Gasteiger partial charge in [0.2, 0.25) is 0 Å². The molecule has 2 aliphatic heterocycles. The number of fused-ring (bicyclic) bond motifs is 6. The summed E-state index contributed by atoms with van der Waals surface area (Å²) in [5, 5.41) is 10.2. The minimum Gasteiger partial charge on any atom is -0.392 e. The molecule has 2 heterocycles. The number of ether oxygens (including phenoxy) is 1. The average molecular weight is 180 g/mol. The van der Waals surface area contributed by atoms with Crippen LogP contribution in [0.2, 0.25) is 0 Å². The Bertz CT molecular complexity index is 261. The molecule has 0 radical (unpaired) electrons. The molecule has 1 aliphatic carbocycles. The van der Waals surface area contributed by atoms with Crippen molar-refractivity contribution in [1.29, 1.82) is 0 Å². The summed E-state index contributed by atoms with van der Waals surface area (Å²) in [7, 11) is 0. The summed E-state index contributed by atoms with van der Waals surface area (Å²) < 4.78 is 5.87. The highest BCUT2D eigenvalue weighted by atomic mass is 16.5. The van der Waals surface area contributed by atoms with E-state index in [2.05, 4.69) is 19.1 Å². The SMILES string of the molecule is C[C@]12CCC[C@H]([C@H]3C=C[C@@H]1O3)[C@@H]2O. The van der Waals surface area contributed by atoms with E-state index in [0.717, 1.165) is 12.8 Å². The van der Waals surface area contributed by atoms with Gasteiger partial charge in [0, 0.05) is 11.3 Å². The zero-order chi connectivity index (χ0) is 9.05. The Morgan fingerprint density at radius 1 is 1.46 bits per heavy atom. The van der Waals surface area contributed by atoms with Crippen molar-refractivity contribution in [2.24, 2.45) is 11.3 Å². The minimum atomic E-state index is -0.153. The maximum absolute atomic E-state index is 10.2. The van der Waals surface area contributed by atoms with Crippen molar-refractivity contribution >= 4 is 0 Å². The van der Waals surface area contributed by atoms with Crippen LogP contribution in [0.15, 0.2) is 12.2 Å². The third-order valence-electron chi connectivity index (χ3n) is 4.19. The Hall–Kier alpha value is -0.340. The van der Waals surface area contributed by atoms with Crippen molar-refractivity contribution in [2.45, 2.75) is 44.5 Å². The summed E-state index contributed by atoms with van der Waals surface area (Å²) in [5.41, 5.74) is -0.00752. The summed E-state index contributed by atoms with van der Waals surface area (Å²) >= 11 is 0. The third-order valence-corrected chi connectivity index (χ3v) is 4.19. The van der Waals surface area contributed by atoms with Crippen LogP contribution in [0.1, 0.15) is 26.2 Å². The Morgan fingerprint density at radius 2 is 2.31 bits per heavy atom. The summed E-state index contributed by atoms with van der Waals surface area (Å²) in [4.78, 5) is 0. The molecule has 0 aromatic carbocycles. The Balaban J connectivity index is 2.04. The van der Waals surface area contributed by atoms with Gasteiger partial charge in [0.1, 0.15) is 0 Å². The van der Waals surface area contributed by atoms with Crippen molar-refractivity contribution in [3.63, 3.8) is 0 Å². The van der Waals surface area contributed by atoms with Crippen molar-refractivity contribution < 1.29 is 9.84 Å². The molecule has 2 heteroatoms. The molecule has 0 spiro atoms. The van der Waals surface area contributed by atoms with Gasteiger partial charge in [-0.3, -0.25) is 0 Å². The Morgan fingerprint density at radius 3 is 3.15 bits per heavy atom. The molecule has 3 rings (SSSR count). The van der Waals surface area contributed by atoms with Crippen LogP contribution in [0.4, 0.5) is 0 Å². The van der Waals surface area contributed by atoms with Crippen LogP contribution in [0.3, 0.4) is 0 Å². The fraction of sp³-hybridized carbons (Fsp3) is 0.818. The van der Waals surface area contributed by atoms with Gasteiger partial charge >= 0.3 is 0 Å². The van der Waals surface area contributed by atoms with Crippen LogP contribution < -0.4 is 0 Å². The maximum Gasteiger partial charge on any atom is 0.0843 e. The molecule has 3 aliphatic rings. The number of hydrogen-bond donors (Lipinski definition) is 1. The molecule has 0 unspecified atom stereocenters. The van der Waals surface area contributed by atoms with Crippen LogP contribution in [0, 0.1) is 11.3 Å². The first-order valence-corrected chi connectivity index (χ1v) is 5.24. The first kappa shape index (κ1) is 8.01. The van der Waals surface area contributed by atoms with E-state index >= 15 is 0 Å². The highest BCUT2D eigenvalue weighted by Crippen LogP contribution is 2.51. The normalized spacial score (nSPS) is 58.3. The third kappa shape index (κ3) is 0.856. The van der Waals surface area contributed by atoms with E-state index < -0.39 is 0 Å². The number of hydrogen-bond acceptors (Lipinski definition) is 2. The summed E-state index contributed by atoms with van der Waals surface area (Å²) in [6, 6.07) is 0. The van der Waals surface area contributed by atoms with Crippen molar-refractivity contribution in [2.75, 3.05) is 0 Å². The summed E-state index contributed by atoms with van der Waals surface area (Å²) in [6.45, 7) is 2.17. The van der Waals surface area contributed by atoms with Gasteiger partial charge in [-0.25, -0.2) is 0 Å². The van der Waals surface area contributed by atoms with Crippen LogP contribution in [0.5, 0.6) is 0 Å². The first-order chi connectivity index (χ1) is 6.22. The zero-order valence-electron chi connectivity index (χ0n) is 7.94. The lowest BCUT2D eigenvalue weighted by molar-refractivity contribution is -0.193. The molecule has 2 nitrogen and oxygen atoms in total. The highest BCUT2D eigenvalue weighted by Gasteiger charge is 2.55. The van der Waals surface area contributed by atoms with Crippen molar-refractivity contribution in [3.05, 3.63) is 12.2 Å². The molecule has 2 fully saturated rings. The van der Waals surface area contributed by atoms with Gasteiger partial charge in [-0.05, 0) is 12.8 Å². The predicted octanol–water partition coefficient (Wildman–Crippen LogP) is 1.49. The second kappa shape index (κ2) is 2.37. The van der Waals surface area contributed by atoms with E-state index in [4.69, 9.17) is 4.74 Å². The van der Waals surface area contributed by atoms with Crippen molar-refractivity contribution in [1.82, 2.24) is 0 Å². The Kier molecular flexibility index (Phi) is 1.46. The summed E-state index contributed by atoms with van der Waals surface area (Å²) in [6.07, 6.45) is 7.99. The molecule has 1 saturated heterocycles. The second-order valence-electron chi connectivity index (χ2n) is 4.91. The standard InChI is InChI=1S/C11H16O2/c1-11-6-2-3-7(10(11)12)8-4-5-9(11)13-8/h4-5,7-10,12H,2-3,6H2,1H3/t7-,8-,9+,10+,11+/m1/s1. The maximum atomic E-state index is 10.2. The zero-order valence-corrected chi connectivity index (χ0v) is 7.94. The topological polar surface area (TPSA) is 29.5 Å². The van der Waals surface area contributed by atoms with Crippen LogP contribution in [-0.4, -0.2) is 23.4 Å². The van der Waals surface area contributed by atoms with Crippen LogP contribution >= 0.6 is 0 Å². The molecule has 0 amide bonds. The quantitative estimate of drug-likeness (QED) is 0.572. The number of rotatable bonds is 0. The minimum absolute atomic E-state index is 0.00752. The molecule has 4 bridgehead atoms. The van der Waals surface area contributed by atoms with Crippen LogP contribution in [0.25, 0.3) is 0 Å². The lowest BCUT2D eigenvalue weighted by Gasteiger charge is -2.51. The van der Waals surface area contributed by atoms with E-state index in [1.165, 1.54) is 6.42 Å². The molecular formula is C11H16O2. The number of aliphatic hydroxyl groups excluding tert-OH is 1. The molecule has 0 aromatic rings. The first-order valence-electron chi connectivity index (χ1n) is 5.24. The van der Waals surface area contributed by atoms with Gasteiger partial charge in [0.05, 0.1) is 18.3 Å². The molecule has 0 aromatic heterocycles. The molecule has 5 atom stereocenters. The molecule has 72 valence electrons. The van der Waals surface area contributed by atoms with E-state index in [0.29, 0.717) is 5.92 Å². The fourth-order valence-electron chi connectivity index (χ4n) is 3.26. The van der Waals surface area contributed by atoms with Gasteiger partial charge in [-0.2, -0.15) is 0 Å². The number of aliphatic hydroxyl groups is 1. The van der Waals surface area contributed by atoms with E-state index in [1.54, 1.807) is 0 Å². The smallest absolute Gasteiger partial charge is 0.0843 e. The van der Waals surface area contributed by atoms with E-state index in [1.807, 2.05) is 0 Å². The lowest BCUT2D eigenvalue weighted by Crippen LogP contribution is -2.56. The highest BCUT2D eigenvalue weighted by molar-refractivity contribution is 5.18. The summed E-state index contributed by atoms with van der Waals surface area (Å²) in [5.74, 6) is 0.355. The second-order valence-corrected chi connectivity index (χ2v) is 4.91. The van der Waals surface area contributed by atoms with Gasteiger partial charge in [-0.1, -0.05) is 25.5 Å². The lowest BCUT2D eigenvalue weighted by atomic mass is 9.64. The molecule has 1 saturated carbocycles. The molecular weight excluding hydrogens is 164 g/mol. The van der Waals surface area contributed by atoms with Gasteiger partial charge in [0.25, 0.3) is 0 Å². The van der Waals surface area contributed by atoms with Crippen molar-refractivity contribution in [3.8, 4) is 0 Å². The Labute approximate surface area is 78.6 Å². The largest absolute Gasteiger partial charge is 0.392 e. The predicted molar refractivity (Wildman–Crippen MR) is 49.3 cm³/mol. The molecule has 1 N–H and O–H groups in total. The fourth-order valence-corrected chi connectivity index (χ4v) is 3.26. The van der Waals surface area contributed by atoms with Crippen LogP contribution in [-0.2, 0) is 4.74 Å². The molecule has 13 heavy (non-hydrogen) atoms. The van der Waals surface area contributed by atoms with E-state index in [-0.39, 0.29) is 23.7 Å². The van der Waals surface area contributed by atoms with Gasteiger partial charge in [0.15, 0.2) is 0 Å².